The minimum Gasteiger partial charge on any atom is -0.496 e. The lowest BCUT2D eigenvalue weighted by atomic mass is 10.1. The van der Waals surface area contributed by atoms with Gasteiger partial charge in [0.2, 0.25) is 5.88 Å². The van der Waals surface area contributed by atoms with E-state index in [1.165, 1.54) is 7.11 Å². The second-order valence-corrected chi connectivity index (χ2v) is 4.45. The number of nitrogens with zero attached hydrogens (tertiary/aromatic N) is 2. The maximum atomic E-state index is 12.2. The van der Waals surface area contributed by atoms with Crippen LogP contribution in [0.25, 0.3) is 0 Å². The summed E-state index contributed by atoms with van der Waals surface area (Å²) in [6.07, 6.45) is 0.144. The summed E-state index contributed by atoms with van der Waals surface area (Å²) in [5.74, 6) is 0.812. The highest BCUT2D eigenvalue weighted by Crippen LogP contribution is 2.24. The van der Waals surface area contributed by atoms with Crippen LogP contribution in [0.15, 0.2) is 30.3 Å². The van der Waals surface area contributed by atoms with Gasteiger partial charge in [-0.3, -0.25) is 4.79 Å². The predicted octanol–water partition coefficient (Wildman–Crippen LogP) is 2.57. The Labute approximate surface area is 121 Å². The van der Waals surface area contributed by atoms with E-state index in [9.17, 15) is 4.79 Å². The van der Waals surface area contributed by atoms with Crippen molar-refractivity contribution in [1.82, 2.24) is 10.2 Å². The van der Waals surface area contributed by atoms with Crippen molar-refractivity contribution < 1.29 is 14.3 Å². The Morgan fingerprint density at radius 2 is 1.95 bits per heavy atom. The number of ether oxygens (including phenoxy) is 2. The lowest BCUT2D eigenvalue weighted by Crippen LogP contribution is -2.08. The van der Waals surface area contributed by atoms with Gasteiger partial charge in [-0.2, -0.15) is 0 Å². The van der Waals surface area contributed by atoms with Crippen LogP contribution in [0.2, 0.25) is 5.02 Å². The third kappa shape index (κ3) is 3.24. The monoisotopic (exact) mass is 292 g/mol. The third-order valence-electron chi connectivity index (χ3n) is 2.73. The highest BCUT2D eigenvalue weighted by molar-refractivity contribution is 6.30. The molecule has 0 saturated heterocycles. The first-order valence-electron chi connectivity index (χ1n) is 5.87. The number of hydrogen-bond acceptors (Lipinski definition) is 5. The average Bonchev–Trinajstić information content (AvgIpc) is 2.47. The number of ketones is 1. The molecule has 2 aromatic rings. The van der Waals surface area contributed by atoms with Crippen molar-refractivity contribution in [3.63, 3.8) is 0 Å². The molecule has 0 fully saturated rings. The van der Waals surface area contributed by atoms with E-state index in [4.69, 9.17) is 21.1 Å². The zero-order valence-corrected chi connectivity index (χ0v) is 11.8. The molecule has 5 nitrogen and oxygen atoms in total. The molecule has 0 N–H and O–H groups in total. The summed E-state index contributed by atoms with van der Waals surface area (Å²) in [5.41, 5.74) is 0.982. The summed E-state index contributed by atoms with van der Waals surface area (Å²) in [5, 5.41) is 8.15. The van der Waals surface area contributed by atoms with Gasteiger partial charge >= 0.3 is 0 Å². The molecule has 0 saturated carbocycles. The van der Waals surface area contributed by atoms with Gasteiger partial charge in [0.05, 0.1) is 14.2 Å². The Balaban J connectivity index is 2.20. The van der Waals surface area contributed by atoms with Crippen LogP contribution < -0.4 is 9.47 Å². The van der Waals surface area contributed by atoms with Crippen molar-refractivity contribution >= 4 is 17.4 Å². The van der Waals surface area contributed by atoms with Crippen LogP contribution in [-0.4, -0.2) is 30.2 Å². The molecule has 0 bridgehead atoms. The molecule has 104 valence electrons. The van der Waals surface area contributed by atoms with E-state index in [1.807, 2.05) is 0 Å². The Kier molecular flexibility index (Phi) is 4.53. The Morgan fingerprint density at radius 3 is 2.55 bits per heavy atom. The molecule has 2 rings (SSSR count). The number of aromatic nitrogens is 2. The number of halogens is 1. The van der Waals surface area contributed by atoms with Crippen molar-refractivity contribution in [1.29, 1.82) is 0 Å². The van der Waals surface area contributed by atoms with Crippen LogP contribution >= 0.6 is 11.6 Å². The molecule has 0 spiro atoms. The molecular weight excluding hydrogens is 280 g/mol. The van der Waals surface area contributed by atoms with E-state index in [1.54, 1.807) is 37.4 Å². The van der Waals surface area contributed by atoms with Crippen LogP contribution in [0.5, 0.6) is 11.6 Å². The maximum Gasteiger partial charge on any atom is 0.233 e. The lowest BCUT2D eigenvalue weighted by Gasteiger charge is -2.08. The van der Waals surface area contributed by atoms with Crippen LogP contribution in [0, 0.1) is 0 Å². The molecular formula is C14H13ClN2O3. The molecule has 1 heterocycles. The molecule has 1 aromatic carbocycles. The van der Waals surface area contributed by atoms with Gasteiger partial charge < -0.3 is 9.47 Å². The molecule has 0 aliphatic carbocycles. The second kappa shape index (κ2) is 6.34. The van der Waals surface area contributed by atoms with Crippen LogP contribution in [0.4, 0.5) is 0 Å². The highest BCUT2D eigenvalue weighted by atomic mass is 35.5. The van der Waals surface area contributed by atoms with Crippen molar-refractivity contribution in [2.24, 2.45) is 0 Å². The van der Waals surface area contributed by atoms with Gasteiger partial charge in [0.15, 0.2) is 5.78 Å². The number of Topliss-reactive ketones (excluding diaryl/α,β-unsaturated/α-hetero) is 1. The van der Waals surface area contributed by atoms with Crippen LogP contribution in [-0.2, 0) is 6.42 Å². The maximum absolute atomic E-state index is 12.2. The third-order valence-corrected chi connectivity index (χ3v) is 2.96. The van der Waals surface area contributed by atoms with E-state index in [0.717, 1.165) is 0 Å². The molecule has 0 radical (unpaired) electrons. The first-order chi connectivity index (χ1) is 9.63. The van der Waals surface area contributed by atoms with Crippen molar-refractivity contribution in [3.8, 4) is 11.6 Å². The number of carbonyl (C=O) groups excluding carboxylic acids is 1. The summed E-state index contributed by atoms with van der Waals surface area (Å²) in [4.78, 5) is 12.2. The van der Waals surface area contributed by atoms with E-state index in [0.29, 0.717) is 22.2 Å². The minimum atomic E-state index is -0.166. The molecule has 0 atom stereocenters. The number of carbonyl (C=O) groups is 1. The van der Waals surface area contributed by atoms with Crippen molar-refractivity contribution in [2.45, 2.75) is 6.42 Å². The van der Waals surface area contributed by atoms with Gasteiger partial charge in [-0.1, -0.05) is 11.6 Å². The first-order valence-corrected chi connectivity index (χ1v) is 6.25. The minimum absolute atomic E-state index is 0.144. The van der Waals surface area contributed by atoms with E-state index >= 15 is 0 Å². The summed E-state index contributed by atoms with van der Waals surface area (Å²) in [6.45, 7) is 0. The number of rotatable bonds is 5. The van der Waals surface area contributed by atoms with Crippen LogP contribution in [0.1, 0.15) is 16.1 Å². The number of methoxy groups -OCH3 is 2. The molecule has 0 aliphatic rings. The molecule has 20 heavy (non-hydrogen) atoms. The van der Waals surface area contributed by atoms with Gasteiger partial charge in [0, 0.05) is 23.1 Å². The number of hydrogen-bond donors (Lipinski definition) is 0. The predicted molar refractivity (Wildman–Crippen MR) is 74.6 cm³/mol. The second-order valence-electron chi connectivity index (χ2n) is 4.02. The topological polar surface area (TPSA) is 61.3 Å². The summed E-state index contributed by atoms with van der Waals surface area (Å²) in [6, 6.07) is 8.31. The quantitative estimate of drug-likeness (QED) is 0.793. The molecule has 0 amide bonds. The van der Waals surface area contributed by atoms with Gasteiger partial charge in [-0.15, -0.1) is 10.2 Å². The zero-order valence-electron chi connectivity index (χ0n) is 11.1. The lowest BCUT2D eigenvalue weighted by molar-refractivity contribution is 0.0986. The Bertz CT molecular complexity index is 614. The van der Waals surface area contributed by atoms with E-state index < -0.39 is 0 Å². The SMILES string of the molecule is COc1ccc(C(=O)Cc2cc(Cl)ccc2OC)nn1. The standard InChI is InChI=1S/C14H13ClN2O3/c1-19-13-5-3-10(15)7-9(13)8-12(18)11-4-6-14(20-2)17-16-11/h3-7H,8H2,1-2H3. The van der Waals surface area contributed by atoms with Crippen molar-refractivity contribution in [2.75, 3.05) is 14.2 Å². The molecule has 0 unspecified atom stereocenters. The van der Waals surface area contributed by atoms with Gasteiger partial charge in [0.1, 0.15) is 11.4 Å². The zero-order chi connectivity index (χ0) is 14.5. The molecule has 1 aromatic heterocycles. The first kappa shape index (κ1) is 14.3. The fourth-order valence-corrected chi connectivity index (χ4v) is 1.92. The summed E-state index contributed by atoms with van der Waals surface area (Å²) < 4.78 is 10.1. The van der Waals surface area contributed by atoms with Crippen molar-refractivity contribution in [3.05, 3.63) is 46.6 Å². The number of benzene rings is 1. The average molecular weight is 293 g/mol. The fraction of sp³-hybridized carbons (Fsp3) is 0.214. The van der Waals surface area contributed by atoms with E-state index in [-0.39, 0.29) is 17.9 Å². The normalized spacial score (nSPS) is 10.2. The summed E-state index contributed by atoms with van der Waals surface area (Å²) in [7, 11) is 3.03. The fourth-order valence-electron chi connectivity index (χ4n) is 1.73. The summed E-state index contributed by atoms with van der Waals surface area (Å²) >= 11 is 5.93. The van der Waals surface area contributed by atoms with Crippen LogP contribution in [0.3, 0.4) is 0 Å². The van der Waals surface area contributed by atoms with E-state index in [2.05, 4.69) is 10.2 Å². The largest absolute Gasteiger partial charge is 0.496 e. The molecule has 0 aliphatic heterocycles. The van der Waals surface area contributed by atoms with Gasteiger partial charge in [-0.25, -0.2) is 0 Å². The molecule has 6 heteroatoms. The van der Waals surface area contributed by atoms with Gasteiger partial charge in [0.25, 0.3) is 0 Å². The highest BCUT2D eigenvalue weighted by Gasteiger charge is 2.13. The Hall–Kier alpha value is -2.14. The van der Waals surface area contributed by atoms with Gasteiger partial charge in [-0.05, 0) is 24.3 Å². The Morgan fingerprint density at radius 1 is 1.15 bits per heavy atom. The smallest absolute Gasteiger partial charge is 0.233 e.